The molecule has 5 nitrogen and oxygen atoms in total. The van der Waals surface area contributed by atoms with Gasteiger partial charge in [-0.05, 0) is 38.6 Å². The van der Waals surface area contributed by atoms with E-state index < -0.39 is 5.97 Å². The molecule has 0 aliphatic heterocycles. The summed E-state index contributed by atoms with van der Waals surface area (Å²) in [5.41, 5.74) is 0. The van der Waals surface area contributed by atoms with Gasteiger partial charge in [-0.25, -0.2) is 0 Å². The number of unbranched alkanes of at least 4 members (excludes halogenated alkanes) is 12. The first-order chi connectivity index (χ1) is 14.2. The Balaban J connectivity index is 0. The van der Waals surface area contributed by atoms with Crippen molar-refractivity contribution in [3.05, 3.63) is 12.2 Å². The van der Waals surface area contributed by atoms with Crippen molar-refractivity contribution < 1.29 is 15.0 Å². The van der Waals surface area contributed by atoms with Crippen LogP contribution in [0, 0.1) is 0 Å². The normalized spacial score (nSPS) is 11.3. The monoisotopic (exact) mass is 435 g/mol. The van der Waals surface area contributed by atoms with Crippen molar-refractivity contribution in [2.75, 3.05) is 39.3 Å². The van der Waals surface area contributed by atoms with Crippen LogP contribution in [0.1, 0.15) is 96.8 Å². The van der Waals surface area contributed by atoms with E-state index in [0.717, 1.165) is 13.1 Å². The van der Waals surface area contributed by atoms with Gasteiger partial charge in [0.2, 0.25) is 0 Å². The molecule has 0 aromatic rings. The number of carbonyl (C=O) groups is 1. The Morgan fingerprint density at radius 2 is 1.33 bits per heavy atom. The SMILES string of the molecule is CCCCCCCCC=CCCCCCCCCNCCN(CCO)CC(=O)O.[Na]. The summed E-state index contributed by atoms with van der Waals surface area (Å²) in [5, 5.41) is 21.1. The summed E-state index contributed by atoms with van der Waals surface area (Å²) in [4.78, 5) is 12.5. The number of hydrogen-bond acceptors (Lipinski definition) is 4. The minimum absolute atomic E-state index is 0. The van der Waals surface area contributed by atoms with Gasteiger partial charge in [-0.15, -0.1) is 0 Å². The Bertz CT molecular complexity index is 381. The predicted octanol–water partition coefficient (Wildman–Crippen LogP) is 4.61. The fraction of sp³-hybridized carbons (Fsp3) is 0.875. The molecular weight excluding hydrogens is 387 g/mol. The number of allylic oxidation sites excluding steroid dienone is 2. The van der Waals surface area contributed by atoms with Gasteiger partial charge in [0.1, 0.15) is 0 Å². The molecule has 0 aromatic carbocycles. The van der Waals surface area contributed by atoms with E-state index in [-0.39, 0.29) is 42.7 Å². The minimum Gasteiger partial charge on any atom is -0.480 e. The second-order valence-corrected chi connectivity index (χ2v) is 8.08. The number of carboxylic acids is 1. The van der Waals surface area contributed by atoms with Crippen LogP contribution in [0.25, 0.3) is 0 Å². The third-order valence-corrected chi connectivity index (χ3v) is 5.25. The first-order valence-electron chi connectivity index (χ1n) is 12.1. The smallest absolute Gasteiger partial charge is 0.317 e. The maximum Gasteiger partial charge on any atom is 0.317 e. The first kappa shape index (κ1) is 32.3. The molecule has 0 spiro atoms. The van der Waals surface area contributed by atoms with Crippen LogP contribution in [0.2, 0.25) is 0 Å². The summed E-state index contributed by atoms with van der Waals surface area (Å²) in [7, 11) is 0. The molecule has 0 amide bonds. The van der Waals surface area contributed by atoms with Crippen LogP contribution in [-0.4, -0.2) is 90.0 Å². The molecule has 6 heteroatoms. The van der Waals surface area contributed by atoms with Gasteiger partial charge in [0, 0.05) is 49.2 Å². The van der Waals surface area contributed by atoms with Crippen molar-refractivity contribution in [3.63, 3.8) is 0 Å². The average Bonchev–Trinajstić information content (AvgIpc) is 2.69. The number of rotatable bonds is 23. The van der Waals surface area contributed by atoms with E-state index in [2.05, 4.69) is 24.4 Å². The van der Waals surface area contributed by atoms with Crippen LogP contribution in [0.4, 0.5) is 0 Å². The van der Waals surface area contributed by atoms with Crippen LogP contribution in [-0.2, 0) is 4.79 Å². The molecule has 0 aromatic heterocycles. The zero-order chi connectivity index (χ0) is 21.4. The molecule has 0 atom stereocenters. The quantitative estimate of drug-likeness (QED) is 0.124. The molecule has 30 heavy (non-hydrogen) atoms. The third kappa shape index (κ3) is 26.1. The van der Waals surface area contributed by atoms with Crippen molar-refractivity contribution in [2.24, 2.45) is 0 Å². The van der Waals surface area contributed by atoms with Crippen LogP contribution in [0.15, 0.2) is 12.2 Å². The minimum atomic E-state index is -0.841. The van der Waals surface area contributed by atoms with Crippen LogP contribution >= 0.6 is 0 Å². The maximum absolute atomic E-state index is 10.7. The van der Waals surface area contributed by atoms with Gasteiger partial charge in [0.25, 0.3) is 0 Å². The standard InChI is InChI=1S/C24H48N2O3.Na/c1-2-3-4-5-6-7-8-9-10-11-12-13-14-15-16-17-18-25-19-20-26(21-22-27)23-24(28)29;/h9-10,25,27H,2-8,11-23H2,1H3,(H,28,29);. The molecule has 1 radical (unpaired) electrons. The Hall–Kier alpha value is 0.0900. The molecule has 0 aliphatic rings. The summed E-state index contributed by atoms with van der Waals surface area (Å²) in [6.45, 7) is 5.11. The molecule has 3 N–H and O–H groups in total. The topological polar surface area (TPSA) is 72.8 Å². The van der Waals surface area contributed by atoms with Crippen molar-refractivity contribution in [1.29, 1.82) is 0 Å². The zero-order valence-electron chi connectivity index (χ0n) is 20.0. The number of hydrogen-bond donors (Lipinski definition) is 3. The van der Waals surface area contributed by atoms with E-state index in [1.54, 1.807) is 4.90 Å². The Morgan fingerprint density at radius 3 is 1.87 bits per heavy atom. The van der Waals surface area contributed by atoms with E-state index >= 15 is 0 Å². The average molecular weight is 436 g/mol. The van der Waals surface area contributed by atoms with E-state index in [9.17, 15) is 4.79 Å². The van der Waals surface area contributed by atoms with E-state index in [0.29, 0.717) is 13.1 Å². The van der Waals surface area contributed by atoms with E-state index in [4.69, 9.17) is 10.2 Å². The zero-order valence-corrected chi connectivity index (χ0v) is 22.0. The maximum atomic E-state index is 10.7. The van der Waals surface area contributed by atoms with Crippen molar-refractivity contribution in [3.8, 4) is 0 Å². The van der Waals surface area contributed by atoms with Gasteiger partial charge in [-0.1, -0.05) is 76.9 Å². The summed E-state index contributed by atoms with van der Waals surface area (Å²) >= 11 is 0. The van der Waals surface area contributed by atoms with Crippen LogP contribution in [0.5, 0.6) is 0 Å². The van der Waals surface area contributed by atoms with Gasteiger partial charge in [0.15, 0.2) is 0 Å². The number of aliphatic hydroxyl groups excluding tert-OH is 1. The van der Waals surface area contributed by atoms with E-state index in [1.165, 1.54) is 89.9 Å². The molecule has 0 fully saturated rings. The number of carboxylic acid groups (broad SMARTS) is 1. The summed E-state index contributed by atoms with van der Waals surface area (Å²) < 4.78 is 0. The van der Waals surface area contributed by atoms with Gasteiger partial charge in [0.05, 0.1) is 13.2 Å². The molecule has 0 unspecified atom stereocenters. The largest absolute Gasteiger partial charge is 0.480 e. The molecular formula is C24H48N2NaO3. The number of nitrogens with zero attached hydrogens (tertiary/aromatic N) is 1. The summed E-state index contributed by atoms with van der Waals surface area (Å²) in [5.74, 6) is -0.841. The molecule has 0 saturated heterocycles. The fourth-order valence-corrected chi connectivity index (χ4v) is 3.46. The third-order valence-electron chi connectivity index (χ3n) is 5.25. The van der Waals surface area contributed by atoms with Gasteiger partial charge < -0.3 is 15.5 Å². The van der Waals surface area contributed by atoms with Crippen molar-refractivity contribution in [1.82, 2.24) is 10.2 Å². The first-order valence-corrected chi connectivity index (χ1v) is 12.1. The predicted molar refractivity (Wildman–Crippen MR) is 129 cm³/mol. The fourth-order valence-electron chi connectivity index (χ4n) is 3.46. The van der Waals surface area contributed by atoms with E-state index in [1.807, 2.05) is 0 Å². The van der Waals surface area contributed by atoms with Crippen LogP contribution < -0.4 is 5.32 Å². The second kappa shape index (κ2) is 27.1. The van der Waals surface area contributed by atoms with Gasteiger partial charge in [-0.2, -0.15) is 0 Å². The van der Waals surface area contributed by atoms with Crippen molar-refractivity contribution >= 4 is 35.5 Å². The molecule has 0 heterocycles. The molecule has 173 valence electrons. The van der Waals surface area contributed by atoms with Crippen molar-refractivity contribution in [2.45, 2.75) is 96.8 Å². The number of aliphatic hydroxyl groups is 1. The summed E-state index contributed by atoms with van der Waals surface area (Å²) in [6, 6.07) is 0. The number of aliphatic carboxylic acids is 1. The number of nitrogens with one attached hydrogen (secondary N) is 1. The Kier molecular flexibility index (Phi) is 29.2. The molecule has 0 bridgehead atoms. The Labute approximate surface area is 208 Å². The van der Waals surface area contributed by atoms with Gasteiger partial charge >= 0.3 is 5.97 Å². The van der Waals surface area contributed by atoms with Gasteiger partial charge in [-0.3, -0.25) is 9.69 Å². The summed E-state index contributed by atoms with van der Waals surface area (Å²) in [6.07, 6.45) is 23.3. The van der Waals surface area contributed by atoms with Crippen LogP contribution in [0.3, 0.4) is 0 Å². The molecule has 0 aliphatic carbocycles. The second-order valence-electron chi connectivity index (χ2n) is 8.08. The Morgan fingerprint density at radius 1 is 0.800 bits per heavy atom. The molecule has 0 saturated carbocycles. The molecule has 0 rings (SSSR count).